The van der Waals surface area contributed by atoms with E-state index in [0.717, 1.165) is 27.6 Å². The number of fused-ring (bicyclic) bond motifs is 1. The van der Waals surface area contributed by atoms with Gasteiger partial charge in [-0.3, -0.25) is 4.98 Å². The number of pyridine rings is 1. The van der Waals surface area contributed by atoms with Gasteiger partial charge in [0.15, 0.2) is 0 Å². The molecule has 0 N–H and O–H groups in total. The molecule has 134 valence electrons. The van der Waals surface area contributed by atoms with Crippen LogP contribution in [0.2, 0.25) is 0 Å². The van der Waals surface area contributed by atoms with E-state index in [1.54, 1.807) is 30.5 Å². The van der Waals surface area contributed by atoms with Gasteiger partial charge in [0.05, 0.1) is 22.7 Å². The van der Waals surface area contributed by atoms with E-state index in [1.165, 1.54) is 0 Å². The van der Waals surface area contributed by atoms with Crippen molar-refractivity contribution < 1.29 is 9.53 Å². The molecule has 4 aromatic rings. The molecule has 0 unspecified atom stereocenters. The van der Waals surface area contributed by atoms with Crippen molar-refractivity contribution in [3.8, 4) is 17.2 Å². The summed E-state index contributed by atoms with van der Waals surface area (Å²) in [6, 6.07) is 26.4. The summed E-state index contributed by atoms with van der Waals surface area (Å²) in [7, 11) is 0. The lowest BCUT2D eigenvalue weighted by Gasteiger charge is -2.09. The zero-order valence-electron chi connectivity index (χ0n) is 15.0. The quantitative estimate of drug-likeness (QED) is 0.471. The number of rotatable bonds is 4. The highest BCUT2D eigenvalue weighted by molar-refractivity contribution is 6.03. The predicted octanol–water partition coefficient (Wildman–Crippen LogP) is 5.13. The first-order valence-corrected chi connectivity index (χ1v) is 8.85. The van der Waals surface area contributed by atoms with E-state index in [-0.39, 0.29) is 12.6 Å². The molecule has 1 heterocycles. The maximum atomic E-state index is 12.5. The average Bonchev–Trinajstić information content (AvgIpc) is 2.77. The first-order chi connectivity index (χ1) is 13.8. The van der Waals surface area contributed by atoms with E-state index >= 15 is 0 Å². The maximum absolute atomic E-state index is 12.5. The van der Waals surface area contributed by atoms with Crippen LogP contribution in [-0.4, -0.2) is 11.0 Å². The summed E-state index contributed by atoms with van der Waals surface area (Å²) in [5, 5.41) is 10.0. The van der Waals surface area contributed by atoms with E-state index in [0.29, 0.717) is 11.1 Å². The molecule has 0 saturated heterocycles. The van der Waals surface area contributed by atoms with Gasteiger partial charge in [0.1, 0.15) is 6.61 Å². The molecule has 0 aliphatic heterocycles. The number of hydrogen-bond acceptors (Lipinski definition) is 4. The normalized spacial score (nSPS) is 10.4. The molecule has 4 rings (SSSR count). The average molecular weight is 364 g/mol. The summed E-state index contributed by atoms with van der Waals surface area (Å²) in [6.07, 6.45) is 1.70. The van der Waals surface area contributed by atoms with Gasteiger partial charge in [0.25, 0.3) is 0 Å². The summed E-state index contributed by atoms with van der Waals surface area (Å²) in [4.78, 5) is 16.8. The van der Waals surface area contributed by atoms with Gasteiger partial charge in [-0.05, 0) is 41.0 Å². The second-order valence-corrected chi connectivity index (χ2v) is 6.31. The third kappa shape index (κ3) is 3.46. The van der Waals surface area contributed by atoms with Crippen molar-refractivity contribution in [3.63, 3.8) is 0 Å². The zero-order valence-corrected chi connectivity index (χ0v) is 15.0. The smallest absolute Gasteiger partial charge is 0.339 e. The van der Waals surface area contributed by atoms with E-state index in [4.69, 9.17) is 4.74 Å². The predicted molar refractivity (Wildman–Crippen MR) is 107 cm³/mol. The number of benzene rings is 3. The molecule has 0 saturated carbocycles. The Morgan fingerprint density at radius 3 is 2.57 bits per heavy atom. The molecule has 3 aromatic carbocycles. The summed E-state index contributed by atoms with van der Waals surface area (Å²) in [6.45, 7) is 0.176. The molecule has 1 aromatic heterocycles. The van der Waals surface area contributed by atoms with Crippen molar-refractivity contribution in [2.45, 2.75) is 6.61 Å². The van der Waals surface area contributed by atoms with Gasteiger partial charge < -0.3 is 4.74 Å². The standard InChI is InChI=1S/C24H16N2O2/c25-15-19-5-1-2-6-20(19)18-12-10-17(11-13-18)16-28-24(27)22-7-3-9-23-21(22)8-4-14-26-23/h1-14H,16H2. The second kappa shape index (κ2) is 7.73. The molecule has 28 heavy (non-hydrogen) atoms. The van der Waals surface area contributed by atoms with Crippen LogP contribution in [0.4, 0.5) is 0 Å². The fraction of sp³-hybridized carbons (Fsp3) is 0.0417. The summed E-state index contributed by atoms with van der Waals surface area (Å²) >= 11 is 0. The molecule has 0 spiro atoms. The number of aromatic nitrogens is 1. The van der Waals surface area contributed by atoms with Crippen LogP contribution in [0.3, 0.4) is 0 Å². The number of esters is 1. The van der Waals surface area contributed by atoms with Crippen molar-refractivity contribution in [3.05, 3.63) is 102 Å². The molecule has 0 amide bonds. The SMILES string of the molecule is N#Cc1ccccc1-c1ccc(COC(=O)c2cccc3ncccc23)cc1. The number of hydrogen-bond donors (Lipinski definition) is 0. The van der Waals surface area contributed by atoms with Crippen molar-refractivity contribution in [2.75, 3.05) is 0 Å². The molecule has 0 aliphatic rings. The third-order valence-electron chi connectivity index (χ3n) is 4.55. The summed E-state index contributed by atoms with van der Waals surface area (Å²) in [5.74, 6) is -0.377. The maximum Gasteiger partial charge on any atom is 0.339 e. The van der Waals surface area contributed by atoms with E-state index in [2.05, 4.69) is 11.1 Å². The highest BCUT2D eigenvalue weighted by atomic mass is 16.5. The highest BCUT2D eigenvalue weighted by Gasteiger charge is 2.12. The number of nitrogens with zero attached hydrogens (tertiary/aromatic N) is 2. The fourth-order valence-corrected chi connectivity index (χ4v) is 3.12. The Balaban J connectivity index is 1.49. The third-order valence-corrected chi connectivity index (χ3v) is 4.55. The highest BCUT2D eigenvalue weighted by Crippen LogP contribution is 2.24. The Kier molecular flexibility index (Phi) is 4.81. The number of carbonyl (C=O) groups excluding carboxylic acids is 1. The Labute approximate surface area is 162 Å². The van der Waals surface area contributed by atoms with Crippen LogP contribution in [-0.2, 0) is 11.3 Å². The lowest BCUT2D eigenvalue weighted by atomic mass is 9.99. The number of carbonyl (C=O) groups is 1. The van der Waals surface area contributed by atoms with E-state index in [1.807, 2.05) is 54.6 Å². The minimum Gasteiger partial charge on any atom is -0.457 e. The van der Waals surface area contributed by atoms with Crippen LogP contribution in [0.1, 0.15) is 21.5 Å². The van der Waals surface area contributed by atoms with Gasteiger partial charge in [-0.2, -0.15) is 5.26 Å². The van der Waals surface area contributed by atoms with Crippen LogP contribution < -0.4 is 0 Å². The lowest BCUT2D eigenvalue weighted by Crippen LogP contribution is -2.06. The van der Waals surface area contributed by atoms with Crippen LogP contribution in [0.5, 0.6) is 0 Å². The first-order valence-electron chi connectivity index (χ1n) is 8.85. The molecule has 0 fully saturated rings. The van der Waals surface area contributed by atoms with Crippen molar-refractivity contribution in [1.82, 2.24) is 4.98 Å². The Morgan fingerprint density at radius 2 is 1.75 bits per heavy atom. The van der Waals surface area contributed by atoms with Crippen LogP contribution in [0.25, 0.3) is 22.0 Å². The topological polar surface area (TPSA) is 63.0 Å². The lowest BCUT2D eigenvalue weighted by molar-refractivity contribution is 0.0475. The Bertz CT molecular complexity index is 1190. The van der Waals surface area contributed by atoms with Gasteiger partial charge in [-0.1, -0.05) is 54.6 Å². The summed E-state index contributed by atoms with van der Waals surface area (Å²) in [5.41, 5.74) is 4.61. The largest absolute Gasteiger partial charge is 0.457 e. The Hall–Kier alpha value is -3.97. The van der Waals surface area contributed by atoms with Gasteiger partial charge in [-0.25, -0.2) is 4.79 Å². The first kappa shape index (κ1) is 17.4. The summed E-state index contributed by atoms with van der Waals surface area (Å²) < 4.78 is 5.49. The van der Waals surface area contributed by atoms with Crippen LogP contribution >= 0.6 is 0 Å². The molecule has 4 nitrogen and oxygen atoms in total. The second-order valence-electron chi connectivity index (χ2n) is 6.31. The number of nitriles is 1. The van der Waals surface area contributed by atoms with E-state index in [9.17, 15) is 10.1 Å². The van der Waals surface area contributed by atoms with Gasteiger partial charge >= 0.3 is 5.97 Å². The zero-order chi connectivity index (χ0) is 19.3. The monoisotopic (exact) mass is 364 g/mol. The fourth-order valence-electron chi connectivity index (χ4n) is 3.12. The molecular weight excluding hydrogens is 348 g/mol. The number of ether oxygens (including phenoxy) is 1. The molecular formula is C24H16N2O2. The van der Waals surface area contributed by atoms with E-state index < -0.39 is 0 Å². The molecule has 0 radical (unpaired) electrons. The minimum atomic E-state index is -0.377. The molecule has 0 bridgehead atoms. The van der Waals surface area contributed by atoms with Crippen molar-refractivity contribution in [2.24, 2.45) is 0 Å². The van der Waals surface area contributed by atoms with Crippen LogP contribution in [0, 0.1) is 11.3 Å². The van der Waals surface area contributed by atoms with Gasteiger partial charge in [-0.15, -0.1) is 0 Å². The van der Waals surface area contributed by atoms with Gasteiger partial charge in [0.2, 0.25) is 0 Å². The van der Waals surface area contributed by atoms with Crippen molar-refractivity contribution in [1.29, 1.82) is 5.26 Å². The Morgan fingerprint density at radius 1 is 0.929 bits per heavy atom. The van der Waals surface area contributed by atoms with Crippen LogP contribution in [0.15, 0.2) is 85.1 Å². The molecule has 0 aliphatic carbocycles. The van der Waals surface area contributed by atoms with Crippen molar-refractivity contribution >= 4 is 16.9 Å². The van der Waals surface area contributed by atoms with Gasteiger partial charge in [0, 0.05) is 11.6 Å². The molecule has 4 heteroatoms. The minimum absolute atomic E-state index is 0.176. The molecule has 0 atom stereocenters.